The third-order valence-corrected chi connectivity index (χ3v) is 6.86. The van der Waals surface area contributed by atoms with Crippen LogP contribution in [-0.2, 0) is 15.8 Å². The average molecular weight is 398 g/mol. The van der Waals surface area contributed by atoms with Gasteiger partial charge in [0.15, 0.2) is 4.34 Å². The van der Waals surface area contributed by atoms with Gasteiger partial charge < -0.3 is 10.8 Å². The molecule has 1 aromatic rings. The van der Waals surface area contributed by atoms with Crippen LogP contribution in [0.3, 0.4) is 0 Å². The van der Waals surface area contributed by atoms with E-state index in [4.69, 9.17) is 5.73 Å². The fourth-order valence-corrected chi connectivity index (χ4v) is 5.37. The molecule has 3 rings (SSSR count). The highest BCUT2D eigenvalue weighted by molar-refractivity contribution is 8.01. The maximum atomic E-state index is 12.5. The highest BCUT2D eigenvalue weighted by atomic mass is 32.2. The number of hydrogen-bond acceptors (Lipinski definition) is 8. The number of halogens is 3. The number of nitrogens with two attached hydrogens (primary N) is 1. The topological polar surface area (TPSA) is 109 Å². The molecular weight excluding hydrogens is 389 g/mol. The molecule has 1 amide bonds. The number of rotatable bonds is 4. The van der Waals surface area contributed by atoms with E-state index in [2.05, 4.69) is 10.2 Å². The van der Waals surface area contributed by atoms with Crippen LogP contribution in [0.2, 0.25) is 0 Å². The monoisotopic (exact) mass is 398 g/mol. The Labute approximate surface area is 145 Å². The first kappa shape index (κ1) is 17.5. The summed E-state index contributed by atoms with van der Waals surface area (Å²) in [5.41, 5.74) is 5.94. The van der Waals surface area contributed by atoms with Crippen molar-refractivity contribution < 1.29 is 27.9 Å². The molecule has 1 aromatic heterocycles. The number of carboxylic acids is 1. The Morgan fingerprint density at radius 3 is 2.75 bits per heavy atom. The third kappa shape index (κ3) is 3.00. The predicted molar refractivity (Wildman–Crippen MR) is 81.4 cm³/mol. The van der Waals surface area contributed by atoms with E-state index >= 15 is 0 Å². The number of fused-ring (bicyclic) bond motifs is 1. The van der Waals surface area contributed by atoms with E-state index in [1.807, 2.05) is 0 Å². The van der Waals surface area contributed by atoms with Gasteiger partial charge >= 0.3 is 12.1 Å². The smallest absolute Gasteiger partial charge is 0.445 e. The van der Waals surface area contributed by atoms with Crippen LogP contribution in [0.15, 0.2) is 15.6 Å². The van der Waals surface area contributed by atoms with Crippen LogP contribution in [-0.4, -0.2) is 55.0 Å². The molecule has 3 N–H and O–H groups in total. The largest absolute Gasteiger partial charge is 0.477 e. The summed E-state index contributed by atoms with van der Waals surface area (Å²) in [6.45, 7) is 0. The van der Waals surface area contributed by atoms with Crippen LogP contribution < -0.4 is 5.73 Å². The number of thioether (sulfide) groups is 2. The minimum absolute atomic E-state index is 0.0818. The van der Waals surface area contributed by atoms with Gasteiger partial charge in [0.25, 0.3) is 0 Å². The minimum Gasteiger partial charge on any atom is -0.477 e. The highest BCUT2D eigenvalue weighted by Gasteiger charge is 2.51. The molecule has 24 heavy (non-hydrogen) atoms. The van der Waals surface area contributed by atoms with Gasteiger partial charge in [-0.3, -0.25) is 9.69 Å². The second kappa shape index (κ2) is 6.20. The number of carboxylic acid groups (broad SMARTS) is 1. The Kier molecular flexibility index (Phi) is 4.53. The zero-order chi connectivity index (χ0) is 17.6. The molecule has 0 spiro atoms. The summed E-state index contributed by atoms with van der Waals surface area (Å²) in [6.07, 6.45) is -4.56. The van der Waals surface area contributed by atoms with Gasteiger partial charge in [0, 0.05) is 11.5 Å². The van der Waals surface area contributed by atoms with Crippen molar-refractivity contribution in [2.45, 2.75) is 21.9 Å². The maximum absolute atomic E-state index is 12.5. The van der Waals surface area contributed by atoms with E-state index in [0.717, 1.165) is 16.7 Å². The van der Waals surface area contributed by atoms with Crippen LogP contribution in [0.4, 0.5) is 13.2 Å². The number of carbonyl (C=O) groups excluding carboxylic acids is 1. The number of aromatic nitrogens is 2. The van der Waals surface area contributed by atoms with Crippen molar-refractivity contribution in [3.05, 3.63) is 16.3 Å². The fourth-order valence-electron chi connectivity index (χ4n) is 2.22. The van der Waals surface area contributed by atoms with Crippen molar-refractivity contribution in [1.29, 1.82) is 0 Å². The van der Waals surface area contributed by atoms with Gasteiger partial charge in [-0.15, -0.1) is 22.0 Å². The SMILES string of the molecule is NC1C(=O)N2C(C(=O)O)=C(CSc3nnc(C(F)(F)F)s3)CS[C@@H]12. The lowest BCUT2D eigenvalue weighted by molar-refractivity contribution is -0.147. The molecule has 2 aliphatic heterocycles. The molecule has 1 saturated heterocycles. The van der Waals surface area contributed by atoms with Crippen LogP contribution in [0.1, 0.15) is 5.01 Å². The molecule has 2 aliphatic rings. The Morgan fingerprint density at radius 2 is 2.17 bits per heavy atom. The summed E-state index contributed by atoms with van der Waals surface area (Å²) in [5, 5.41) is 14.4. The molecular formula is C11H9F3N4O3S3. The van der Waals surface area contributed by atoms with E-state index in [1.54, 1.807) is 0 Å². The Bertz CT molecular complexity index is 736. The van der Waals surface area contributed by atoms with E-state index in [1.165, 1.54) is 11.8 Å². The molecule has 0 radical (unpaired) electrons. The second-order valence-corrected chi connectivity index (χ2v) is 8.16. The van der Waals surface area contributed by atoms with Crippen molar-refractivity contribution in [1.82, 2.24) is 15.1 Å². The van der Waals surface area contributed by atoms with Crippen molar-refractivity contribution in [2.75, 3.05) is 11.5 Å². The van der Waals surface area contributed by atoms with Gasteiger partial charge in [-0.2, -0.15) is 13.2 Å². The molecule has 130 valence electrons. The van der Waals surface area contributed by atoms with Crippen LogP contribution >= 0.6 is 34.9 Å². The van der Waals surface area contributed by atoms with Crippen molar-refractivity contribution in [3.63, 3.8) is 0 Å². The lowest BCUT2D eigenvalue weighted by Crippen LogP contribution is -2.68. The molecule has 2 atom stereocenters. The quantitative estimate of drug-likeness (QED) is 0.576. The molecule has 1 fully saturated rings. The van der Waals surface area contributed by atoms with Crippen molar-refractivity contribution >= 4 is 46.7 Å². The number of aliphatic carboxylic acids is 1. The summed E-state index contributed by atoms with van der Waals surface area (Å²) in [4.78, 5) is 24.4. The van der Waals surface area contributed by atoms with E-state index in [9.17, 15) is 27.9 Å². The minimum atomic E-state index is -4.56. The Hall–Kier alpha value is -1.31. The third-order valence-electron chi connectivity index (χ3n) is 3.31. The highest BCUT2D eigenvalue weighted by Crippen LogP contribution is 2.41. The van der Waals surface area contributed by atoms with E-state index < -0.39 is 34.5 Å². The summed E-state index contributed by atoms with van der Waals surface area (Å²) >= 11 is 2.68. The zero-order valence-corrected chi connectivity index (χ0v) is 14.1. The van der Waals surface area contributed by atoms with Gasteiger partial charge in [-0.1, -0.05) is 23.1 Å². The standard InChI is InChI=1S/C11H9F3N4O3S3/c12-11(13,14)9-16-17-10(24-9)23-2-3-1-22-7-4(15)6(19)18(7)5(3)8(20)21/h4,7H,1-2,15H2,(H,20,21)/t4?,7-/m0/s1. The van der Waals surface area contributed by atoms with Crippen molar-refractivity contribution in [2.24, 2.45) is 5.73 Å². The molecule has 0 aliphatic carbocycles. The summed E-state index contributed by atoms with van der Waals surface area (Å²) < 4.78 is 37.6. The zero-order valence-electron chi connectivity index (χ0n) is 11.6. The lowest BCUT2D eigenvalue weighted by Gasteiger charge is -2.48. The molecule has 13 heteroatoms. The van der Waals surface area contributed by atoms with Gasteiger partial charge in [-0.25, -0.2) is 4.79 Å². The first-order valence-corrected chi connectivity index (χ1v) is 9.24. The number of alkyl halides is 3. The van der Waals surface area contributed by atoms with Gasteiger partial charge in [0.1, 0.15) is 17.1 Å². The summed E-state index contributed by atoms with van der Waals surface area (Å²) in [5.74, 6) is -1.29. The lowest BCUT2D eigenvalue weighted by atomic mass is 10.0. The molecule has 0 aromatic carbocycles. The number of hydrogen-bond donors (Lipinski definition) is 2. The van der Waals surface area contributed by atoms with Gasteiger partial charge in [-0.05, 0) is 5.57 Å². The first-order chi connectivity index (χ1) is 11.2. The van der Waals surface area contributed by atoms with Gasteiger partial charge in [0.2, 0.25) is 10.9 Å². The second-order valence-electron chi connectivity index (χ2n) is 4.85. The summed E-state index contributed by atoms with van der Waals surface area (Å²) in [7, 11) is 0. The molecule has 0 saturated carbocycles. The molecule has 3 heterocycles. The Balaban J connectivity index is 1.77. The van der Waals surface area contributed by atoms with Crippen LogP contribution in [0, 0.1) is 0 Å². The molecule has 0 bridgehead atoms. The molecule has 7 nitrogen and oxygen atoms in total. The fraction of sp³-hybridized carbons (Fsp3) is 0.455. The van der Waals surface area contributed by atoms with E-state index in [0.29, 0.717) is 22.7 Å². The number of β-lactam (4-membered cyclic amide) rings is 1. The van der Waals surface area contributed by atoms with Crippen LogP contribution in [0.25, 0.3) is 0 Å². The summed E-state index contributed by atoms with van der Waals surface area (Å²) in [6, 6.07) is -0.726. The maximum Gasteiger partial charge on any atom is 0.445 e. The van der Waals surface area contributed by atoms with E-state index in [-0.39, 0.29) is 15.8 Å². The number of carbonyl (C=O) groups is 2. The normalized spacial score (nSPS) is 24.0. The van der Waals surface area contributed by atoms with Gasteiger partial charge in [0.05, 0.1) is 0 Å². The molecule has 1 unspecified atom stereocenters. The number of nitrogens with zero attached hydrogens (tertiary/aromatic N) is 3. The Morgan fingerprint density at radius 1 is 1.46 bits per heavy atom. The van der Waals surface area contributed by atoms with Crippen molar-refractivity contribution in [3.8, 4) is 0 Å². The van der Waals surface area contributed by atoms with Crippen LogP contribution in [0.5, 0.6) is 0 Å². The number of amides is 1. The predicted octanol–water partition coefficient (Wildman–Crippen LogP) is 1.23. The first-order valence-electron chi connectivity index (χ1n) is 6.39. The average Bonchev–Trinajstić information content (AvgIpc) is 3.00.